The molecule has 1 heterocycles. The summed E-state index contributed by atoms with van der Waals surface area (Å²) in [6, 6.07) is 11.6. The van der Waals surface area contributed by atoms with Crippen LogP contribution in [0, 0.1) is 11.3 Å². The summed E-state index contributed by atoms with van der Waals surface area (Å²) in [5.74, 6) is 0.468. The highest BCUT2D eigenvalue weighted by Crippen LogP contribution is 2.39. The van der Waals surface area contributed by atoms with Gasteiger partial charge in [-0.05, 0) is 65.4 Å². The van der Waals surface area contributed by atoms with Gasteiger partial charge in [0.15, 0.2) is 0 Å². The van der Waals surface area contributed by atoms with Crippen LogP contribution in [0.25, 0.3) is 10.8 Å². The maximum atomic E-state index is 13.3. The number of benzene rings is 2. The zero-order valence-corrected chi connectivity index (χ0v) is 21.3. The lowest BCUT2D eigenvalue weighted by Gasteiger charge is -2.32. The zero-order valence-electron chi connectivity index (χ0n) is 21.3. The molecule has 7 nitrogen and oxygen atoms in total. The van der Waals surface area contributed by atoms with Crippen LogP contribution in [0.1, 0.15) is 48.5 Å². The minimum absolute atomic E-state index is 0.0401. The Balaban J connectivity index is 2.18. The molecule has 0 unspecified atom stereocenters. The maximum Gasteiger partial charge on any atom is 0.494 e. The van der Waals surface area contributed by atoms with Gasteiger partial charge in [-0.15, -0.1) is 0 Å². The van der Waals surface area contributed by atoms with E-state index in [9.17, 15) is 10.1 Å². The van der Waals surface area contributed by atoms with Gasteiger partial charge in [0.05, 0.1) is 36.6 Å². The number of fused-ring (bicyclic) bond motifs is 1. The fourth-order valence-corrected chi connectivity index (χ4v) is 3.65. The van der Waals surface area contributed by atoms with Gasteiger partial charge >= 0.3 is 13.2 Å². The van der Waals surface area contributed by atoms with Gasteiger partial charge in [0.2, 0.25) is 0 Å². The van der Waals surface area contributed by atoms with Crippen molar-refractivity contribution >= 4 is 35.1 Å². The van der Waals surface area contributed by atoms with Crippen molar-refractivity contribution in [1.82, 2.24) is 0 Å². The second-order valence-electron chi connectivity index (χ2n) is 10.5. The Bertz CT molecular complexity index is 1140. The summed E-state index contributed by atoms with van der Waals surface area (Å²) in [5.41, 5.74) is -0.192. The number of nitriles is 1. The van der Waals surface area contributed by atoms with Crippen LogP contribution in [-0.2, 0) is 14.0 Å². The third-order valence-corrected chi connectivity index (χ3v) is 6.12. The second kappa shape index (κ2) is 8.97. The van der Waals surface area contributed by atoms with Crippen molar-refractivity contribution in [1.29, 1.82) is 5.26 Å². The Morgan fingerprint density at radius 1 is 1.15 bits per heavy atom. The lowest BCUT2D eigenvalue weighted by atomic mass is 9.78. The number of methoxy groups -OCH3 is 1. The van der Waals surface area contributed by atoms with Crippen LogP contribution < -0.4 is 15.1 Å². The quantitative estimate of drug-likeness (QED) is 0.459. The van der Waals surface area contributed by atoms with Crippen molar-refractivity contribution in [2.75, 3.05) is 18.6 Å². The standard InChI is InChI=1S/C26H33BN2O5/c1-17(15-28)16-29(23(30)32-24(2,3)4)22-20-14-19(12-10-18(20)11-13-21(22)31-9)27-33-25(5,6)26(7,8)34-27/h10-14H,1,16H2,2-9H3. The topological polar surface area (TPSA) is 81.0 Å². The molecule has 0 spiro atoms. The molecule has 0 radical (unpaired) electrons. The van der Waals surface area contributed by atoms with Crippen molar-refractivity contribution in [3.63, 3.8) is 0 Å². The molecule has 0 bridgehead atoms. The van der Waals surface area contributed by atoms with Crippen molar-refractivity contribution in [3.05, 3.63) is 42.5 Å². The fraction of sp³-hybridized carbons (Fsp3) is 0.462. The Labute approximate surface area is 202 Å². The number of nitrogens with zero attached hydrogens (tertiary/aromatic N) is 2. The van der Waals surface area contributed by atoms with Gasteiger partial charge in [-0.3, -0.25) is 4.90 Å². The number of amides is 1. The molecule has 8 heteroatoms. The Hall–Kier alpha value is -3.02. The average Bonchev–Trinajstić information content (AvgIpc) is 2.96. The van der Waals surface area contributed by atoms with Gasteiger partial charge < -0.3 is 18.8 Å². The highest BCUT2D eigenvalue weighted by molar-refractivity contribution is 6.62. The van der Waals surface area contributed by atoms with Gasteiger partial charge in [0, 0.05) is 11.0 Å². The van der Waals surface area contributed by atoms with E-state index in [-0.39, 0.29) is 12.1 Å². The van der Waals surface area contributed by atoms with Crippen molar-refractivity contribution in [3.8, 4) is 11.8 Å². The van der Waals surface area contributed by atoms with E-state index in [0.29, 0.717) is 11.4 Å². The van der Waals surface area contributed by atoms with Gasteiger partial charge in [0.1, 0.15) is 11.4 Å². The van der Waals surface area contributed by atoms with E-state index < -0.39 is 30.0 Å². The molecule has 2 aromatic rings. The normalized spacial score (nSPS) is 16.7. The van der Waals surface area contributed by atoms with Gasteiger partial charge in [-0.1, -0.05) is 30.8 Å². The highest BCUT2D eigenvalue weighted by Gasteiger charge is 2.51. The molecule has 1 fully saturated rings. The number of carbonyl (C=O) groups is 1. The number of carbonyl (C=O) groups excluding carboxylic acids is 1. The van der Waals surface area contributed by atoms with Crippen molar-refractivity contribution in [2.45, 2.75) is 65.3 Å². The Morgan fingerprint density at radius 2 is 1.74 bits per heavy atom. The molecule has 1 amide bonds. The lowest BCUT2D eigenvalue weighted by molar-refractivity contribution is 0.00578. The number of anilines is 1. The van der Waals surface area contributed by atoms with E-state index in [1.165, 1.54) is 12.0 Å². The van der Waals surface area contributed by atoms with Crippen molar-refractivity contribution in [2.24, 2.45) is 0 Å². The molecule has 1 aliphatic rings. The largest absolute Gasteiger partial charge is 0.495 e. The molecule has 2 aromatic carbocycles. The molecular weight excluding hydrogens is 431 g/mol. The van der Waals surface area contributed by atoms with Gasteiger partial charge in [-0.2, -0.15) is 5.26 Å². The van der Waals surface area contributed by atoms with E-state index in [1.54, 1.807) is 26.8 Å². The van der Waals surface area contributed by atoms with E-state index >= 15 is 0 Å². The van der Waals surface area contributed by atoms with Crippen LogP contribution in [0.4, 0.5) is 10.5 Å². The highest BCUT2D eigenvalue weighted by atomic mass is 16.7. The molecule has 0 aromatic heterocycles. The van der Waals surface area contributed by atoms with Crippen LogP contribution in [0.5, 0.6) is 5.75 Å². The second-order valence-corrected chi connectivity index (χ2v) is 10.5. The van der Waals surface area contributed by atoms with Crippen LogP contribution in [-0.4, -0.2) is 43.7 Å². The third-order valence-electron chi connectivity index (χ3n) is 6.12. The number of hydrogen-bond donors (Lipinski definition) is 0. The van der Waals surface area contributed by atoms with Crippen LogP contribution in [0.2, 0.25) is 0 Å². The summed E-state index contributed by atoms with van der Waals surface area (Å²) < 4.78 is 23.8. The molecule has 180 valence electrons. The fourth-order valence-electron chi connectivity index (χ4n) is 3.65. The first-order chi connectivity index (χ1) is 15.7. The Morgan fingerprint density at radius 3 is 2.26 bits per heavy atom. The minimum atomic E-state index is -0.727. The minimum Gasteiger partial charge on any atom is -0.495 e. The molecule has 0 saturated carbocycles. The van der Waals surface area contributed by atoms with E-state index in [2.05, 4.69) is 6.58 Å². The number of ether oxygens (including phenoxy) is 2. The monoisotopic (exact) mass is 464 g/mol. The van der Waals surface area contributed by atoms with Gasteiger partial charge in [-0.25, -0.2) is 4.79 Å². The smallest absolute Gasteiger partial charge is 0.494 e. The molecule has 0 atom stereocenters. The first-order valence-corrected chi connectivity index (χ1v) is 11.2. The molecule has 1 saturated heterocycles. The zero-order chi connectivity index (χ0) is 25.5. The van der Waals surface area contributed by atoms with Crippen molar-refractivity contribution < 1.29 is 23.6 Å². The average molecular weight is 464 g/mol. The summed E-state index contributed by atoms with van der Waals surface area (Å²) in [5, 5.41) is 11.0. The van der Waals surface area contributed by atoms with E-state index in [1.807, 2.05) is 58.0 Å². The SMILES string of the molecule is C=C(C#N)CN(C(=O)OC(C)(C)C)c1c(OC)ccc2ccc(B3OC(C)(C)C(C)(C)O3)cc12. The van der Waals surface area contributed by atoms with E-state index in [0.717, 1.165) is 16.2 Å². The summed E-state index contributed by atoms with van der Waals surface area (Å²) in [6.07, 6.45) is -0.601. The molecule has 0 aliphatic carbocycles. The maximum absolute atomic E-state index is 13.3. The summed E-state index contributed by atoms with van der Waals surface area (Å²) >= 11 is 0. The first-order valence-electron chi connectivity index (χ1n) is 11.2. The summed E-state index contributed by atoms with van der Waals surface area (Å²) in [4.78, 5) is 14.7. The molecule has 0 N–H and O–H groups in total. The predicted octanol–water partition coefficient (Wildman–Crippen LogP) is 4.97. The van der Waals surface area contributed by atoms with Crippen LogP contribution in [0.3, 0.4) is 0 Å². The number of rotatable bonds is 5. The number of hydrogen-bond acceptors (Lipinski definition) is 6. The lowest BCUT2D eigenvalue weighted by Crippen LogP contribution is -2.41. The molecule has 3 rings (SSSR count). The Kier molecular flexibility index (Phi) is 6.76. The first kappa shape index (κ1) is 25.6. The molecular formula is C26H33BN2O5. The third kappa shape index (κ3) is 5.06. The summed E-state index contributed by atoms with van der Waals surface area (Å²) in [7, 11) is 0.965. The summed E-state index contributed by atoms with van der Waals surface area (Å²) in [6.45, 7) is 17.1. The molecule has 1 aliphatic heterocycles. The van der Waals surface area contributed by atoms with Gasteiger partial charge in [0.25, 0.3) is 0 Å². The van der Waals surface area contributed by atoms with Crippen LogP contribution >= 0.6 is 0 Å². The van der Waals surface area contributed by atoms with Crippen LogP contribution in [0.15, 0.2) is 42.5 Å². The molecule has 34 heavy (non-hydrogen) atoms. The van der Waals surface area contributed by atoms with E-state index in [4.69, 9.17) is 18.8 Å². The predicted molar refractivity (Wildman–Crippen MR) is 135 cm³/mol.